The largest absolute Gasteiger partial charge is 0.458 e. The topological polar surface area (TPSA) is 93.7 Å². The molecule has 0 spiro atoms. The Kier molecular flexibility index (Phi) is 9.65. The van der Waals surface area contributed by atoms with Crippen LogP contribution >= 0.6 is 0 Å². The summed E-state index contributed by atoms with van der Waals surface area (Å²) >= 11 is 0. The molecule has 7 heteroatoms. The molecule has 1 rings (SSSR count). The van der Waals surface area contributed by atoms with E-state index in [0.29, 0.717) is 12.8 Å². The Labute approximate surface area is 173 Å². The molecule has 162 valence electrons. The number of alkyl carbamates (subject to hydrolysis) is 1. The van der Waals surface area contributed by atoms with Gasteiger partial charge in [-0.15, -0.1) is 0 Å². The van der Waals surface area contributed by atoms with Crippen LogP contribution in [0.15, 0.2) is 30.3 Å². The zero-order chi connectivity index (χ0) is 22.0. The molecule has 0 saturated carbocycles. The van der Waals surface area contributed by atoms with Crippen LogP contribution in [0.5, 0.6) is 0 Å². The first-order valence-electron chi connectivity index (χ1n) is 10.0. The van der Waals surface area contributed by atoms with Gasteiger partial charge in [-0.05, 0) is 38.7 Å². The van der Waals surface area contributed by atoms with E-state index in [0.717, 1.165) is 5.56 Å². The predicted molar refractivity (Wildman–Crippen MR) is 111 cm³/mol. The van der Waals surface area contributed by atoms with Crippen molar-refractivity contribution in [1.82, 2.24) is 10.6 Å². The summed E-state index contributed by atoms with van der Waals surface area (Å²) in [7, 11) is 0. The van der Waals surface area contributed by atoms with Crippen LogP contribution in [0, 0.1) is 5.92 Å². The lowest BCUT2D eigenvalue weighted by Crippen LogP contribution is -2.54. The summed E-state index contributed by atoms with van der Waals surface area (Å²) in [5.41, 5.74) is 0.200. The maximum absolute atomic E-state index is 12.8. The van der Waals surface area contributed by atoms with Crippen molar-refractivity contribution in [3.05, 3.63) is 35.9 Å². The molecule has 29 heavy (non-hydrogen) atoms. The number of esters is 1. The summed E-state index contributed by atoms with van der Waals surface area (Å²) < 4.78 is 10.6. The molecule has 2 N–H and O–H groups in total. The van der Waals surface area contributed by atoms with E-state index in [1.165, 1.54) is 0 Å². The standard InChI is InChI=1S/C22H34N2O5/c1-7-11-17(20(26)29-22(4,5)6)23-19(25)18(15(2)3)24-21(27)28-14-16-12-9-8-10-13-16/h8-10,12-13,15,17-18H,7,11,14H2,1-6H3,(H,23,25)(H,24,27)/t17-,18+/m0/s1. The van der Waals surface area contributed by atoms with Crippen molar-refractivity contribution in [2.75, 3.05) is 0 Å². The Bertz CT molecular complexity index is 668. The van der Waals surface area contributed by atoms with Gasteiger partial charge in [0, 0.05) is 0 Å². The smallest absolute Gasteiger partial charge is 0.408 e. The highest BCUT2D eigenvalue weighted by atomic mass is 16.6. The van der Waals surface area contributed by atoms with Crippen LogP contribution in [-0.2, 0) is 25.7 Å². The second-order valence-electron chi connectivity index (χ2n) is 8.31. The summed E-state index contributed by atoms with van der Waals surface area (Å²) in [5.74, 6) is -1.12. The van der Waals surface area contributed by atoms with Crippen LogP contribution in [0.2, 0.25) is 0 Å². The molecule has 0 bridgehead atoms. The molecule has 0 heterocycles. The van der Waals surface area contributed by atoms with Gasteiger partial charge >= 0.3 is 12.1 Å². The summed E-state index contributed by atoms with van der Waals surface area (Å²) in [4.78, 5) is 37.3. The fraction of sp³-hybridized carbons (Fsp3) is 0.591. The maximum Gasteiger partial charge on any atom is 0.408 e. The van der Waals surface area contributed by atoms with Gasteiger partial charge in [0.15, 0.2) is 0 Å². The molecule has 7 nitrogen and oxygen atoms in total. The van der Waals surface area contributed by atoms with E-state index in [1.807, 2.05) is 51.1 Å². The zero-order valence-electron chi connectivity index (χ0n) is 18.3. The van der Waals surface area contributed by atoms with Gasteiger partial charge in [0.05, 0.1) is 0 Å². The van der Waals surface area contributed by atoms with Gasteiger partial charge in [-0.25, -0.2) is 9.59 Å². The molecule has 0 fully saturated rings. The first kappa shape index (κ1) is 24.5. The van der Waals surface area contributed by atoms with Gasteiger partial charge < -0.3 is 20.1 Å². The number of amides is 2. The molecule has 0 unspecified atom stereocenters. The molecule has 1 aromatic rings. The molecule has 1 aromatic carbocycles. The number of rotatable bonds is 9. The fourth-order valence-corrected chi connectivity index (χ4v) is 2.60. The zero-order valence-corrected chi connectivity index (χ0v) is 18.3. The third-order valence-corrected chi connectivity index (χ3v) is 4.02. The average molecular weight is 407 g/mol. The average Bonchev–Trinajstić information content (AvgIpc) is 2.63. The Morgan fingerprint density at radius 1 is 1.03 bits per heavy atom. The van der Waals surface area contributed by atoms with Crippen molar-refractivity contribution in [2.45, 2.75) is 78.7 Å². The van der Waals surface area contributed by atoms with Crippen LogP contribution in [0.25, 0.3) is 0 Å². The molecule has 0 saturated heterocycles. The van der Waals surface area contributed by atoms with Crippen molar-refractivity contribution >= 4 is 18.0 Å². The SMILES string of the molecule is CCC[C@H](NC(=O)[C@H](NC(=O)OCc1ccccc1)C(C)C)C(=O)OC(C)(C)C. The number of benzene rings is 1. The molecule has 0 aromatic heterocycles. The fourth-order valence-electron chi connectivity index (χ4n) is 2.60. The molecule has 0 aliphatic carbocycles. The molecule has 2 amide bonds. The molecular weight excluding hydrogens is 372 g/mol. The molecule has 0 aliphatic heterocycles. The van der Waals surface area contributed by atoms with Gasteiger partial charge in [0.25, 0.3) is 0 Å². The Hall–Kier alpha value is -2.57. The lowest BCUT2D eigenvalue weighted by atomic mass is 10.0. The minimum Gasteiger partial charge on any atom is -0.458 e. The van der Waals surface area contributed by atoms with E-state index < -0.39 is 35.7 Å². The number of hydrogen-bond acceptors (Lipinski definition) is 5. The lowest BCUT2D eigenvalue weighted by molar-refractivity contribution is -0.159. The summed E-state index contributed by atoms with van der Waals surface area (Å²) in [6.45, 7) is 11.0. The van der Waals surface area contributed by atoms with E-state index in [1.54, 1.807) is 20.8 Å². The summed E-state index contributed by atoms with van der Waals surface area (Å²) in [6.07, 6.45) is 0.458. The number of carbonyl (C=O) groups excluding carboxylic acids is 3. The van der Waals surface area contributed by atoms with Crippen LogP contribution in [0.3, 0.4) is 0 Å². The number of ether oxygens (including phenoxy) is 2. The van der Waals surface area contributed by atoms with E-state index in [2.05, 4.69) is 10.6 Å². The lowest BCUT2D eigenvalue weighted by Gasteiger charge is -2.27. The minimum absolute atomic E-state index is 0.107. The minimum atomic E-state index is -0.833. The summed E-state index contributed by atoms with van der Waals surface area (Å²) in [5, 5.41) is 5.31. The number of carbonyl (C=O) groups is 3. The first-order valence-corrected chi connectivity index (χ1v) is 10.0. The second kappa shape index (κ2) is 11.4. The van der Waals surface area contributed by atoms with Crippen molar-refractivity contribution in [2.24, 2.45) is 5.92 Å². The third kappa shape index (κ3) is 9.45. The van der Waals surface area contributed by atoms with Crippen molar-refractivity contribution < 1.29 is 23.9 Å². The van der Waals surface area contributed by atoms with E-state index in [4.69, 9.17) is 9.47 Å². The van der Waals surface area contributed by atoms with Crippen LogP contribution in [-0.4, -0.2) is 35.7 Å². The monoisotopic (exact) mass is 406 g/mol. The highest BCUT2D eigenvalue weighted by Crippen LogP contribution is 2.12. The highest BCUT2D eigenvalue weighted by molar-refractivity contribution is 5.89. The van der Waals surface area contributed by atoms with Gasteiger partial charge in [-0.1, -0.05) is 57.5 Å². The van der Waals surface area contributed by atoms with Crippen molar-refractivity contribution in [3.8, 4) is 0 Å². The second-order valence-corrected chi connectivity index (χ2v) is 8.31. The first-order chi connectivity index (χ1) is 13.5. The molecule has 0 radical (unpaired) electrons. The normalized spacial score (nSPS) is 13.3. The quantitative estimate of drug-likeness (QED) is 0.612. The van der Waals surface area contributed by atoms with Gasteiger partial charge in [0.1, 0.15) is 24.3 Å². The van der Waals surface area contributed by atoms with Crippen LogP contribution in [0.4, 0.5) is 4.79 Å². The molecular formula is C22H34N2O5. The Morgan fingerprint density at radius 3 is 2.17 bits per heavy atom. The predicted octanol–water partition coefficient (Wildman–Crippen LogP) is 3.56. The van der Waals surface area contributed by atoms with Crippen molar-refractivity contribution in [3.63, 3.8) is 0 Å². The molecule has 0 aliphatic rings. The van der Waals surface area contributed by atoms with E-state index in [9.17, 15) is 14.4 Å². The van der Waals surface area contributed by atoms with Gasteiger partial charge in [-0.2, -0.15) is 0 Å². The van der Waals surface area contributed by atoms with E-state index >= 15 is 0 Å². The third-order valence-electron chi connectivity index (χ3n) is 4.02. The van der Waals surface area contributed by atoms with Crippen LogP contribution in [0.1, 0.15) is 59.9 Å². The Balaban J connectivity index is 2.71. The number of hydrogen-bond donors (Lipinski definition) is 2. The van der Waals surface area contributed by atoms with Gasteiger partial charge in [0.2, 0.25) is 5.91 Å². The summed E-state index contributed by atoms with van der Waals surface area (Å²) in [6, 6.07) is 7.67. The Morgan fingerprint density at radius 2 is 1.66 bits per heavy atom. The highest BCUT2D eigenvalue weighted by Gasteiger charge is 2.31. The van der Waals surface area contributed by atoms with E-state index in [-0.39, 0.29) is 12.5 Å². The number of nitrogens with one attached hydrogen (secondary N) is 2. The van der Waals surface area contributed by atoms with Crippen molar-refractivity contribution in [1.29, 1.82) is 0 Å². The maximum atomic E-state index is 12.8. The van der Waals surface area contributed by atoms with Gasteiger partial charge in [-0.3, -0.25) is 4.79 Å². The van der Waals surface area contributed by atoms with Crippen LogP contribution < -0.4 is 10.6 Å². The molecule has 2 atom stereocenters.